The Morgan fingerprint density at radius 2 is 2.13 bits per heavy atom. The van der Waals surface area contributed by atoms with Gasteiger partial charge in [-0.2, -0.15) is 0 Å². The number of amides is 1. The molecule has 2 aromatic heterocycles. The molecule has 0 aliphatic heterocycles. The fourth-order valence-corrected chi connectivity index (χ4v) is 1.31. The zero-order valence-corrected chi connectivity index (χ0v) is 8.01. The molecule has 2 aromatic rings. The zero-order chi connectivity index (χ0) is 10.7. The summed E-state index contributed by atoms with van der Waals surface area (Å²) in [5.74, 6) is 5.50. The Bertz CT molecular complexity index is 445. The van der Waals surface area contributed by atoms with Crippen molar-refractivity contribution in [2.75, 3.05) is 0 Å². The number of aromatic nitrogens is 1. The van der Waals surface area contributed by atoms with Gasteiger partial charge in [0.15, 0.2) is 5.76 Å². The van der Waals surface area contributed by atoms with E-state index in [1.54, 1.807) is 12.1 Å². The summed E-state index contributed by atoms with van der Waals surface area (Å²) < 4.78 is 7.24. The molecule has 0 atom stereocenters. The van der Waals surface area contributed by atoms with Crippen LogP contribution in [0.3, 0.4) is 0 Å². The van der Waals surface area contributed by atoms with Crippen molar-refractivity contribution in [1.82, 2.24) is 9.99 Å². The van der Waals surface area contributed by atoms with Crippen LogP contribution in [0.4, 0.5) is 0 Å². The van der Waals surface area contributed by atoms with E-state index in [-0.39, 0.29) is 5.76 Å². The molecule has 2 rings (SSSR count). The van der Waals surface area contributed by atoms with E-state index in [9.17, 15) is 4.79 Å². The summed E-state index contributed by atoms with van der Waals surface area (Å²) in [4.78, 5) is 11.1. The number of nitrogens with two attached hydrogens (primary N) is 1. The first-order valence-corrected chi connectivity index (χ1v) is 4.50. The standard InChI is InChI=1S/C10H11N3O2/c11-12-10(14)9-4-3-8(15-9)7-13-5-1-2-6-13/h1-6H,7,11H2,(H,12,14). The van der Waals surface area contributed by atoms with Gasteiger partial charge in [-0.3, -0.25) is 10.2 Å². The van der Waals surface area contributed by atoms with Crippen molar-refractivity contribution in [3.63, 3.8) is 0 Å². The Morgan fingerprint density at radius 1 is 1.40 bits per heavy atom. The number of nitrogen functional groups attached to an aromatic ring is 1. The van der Waals surface area contributed by atoms with Crippen LogP contribution in [0.1, 0.15) is 16.3 Å². The molecule has 1 amide bonds. The molecule has 5 heteroatoms. The first-order chi connectivity index (χ1) is 7.29. The van der Waals surface area contributed by atoms with Crippen LogP contribution < -0.4 is 11.3 Å². The molecule has 0 radical (unpaired) electrons. The first kappa shape index (κ1) is 9.54. The normalized spacial score (nSPS) is 10.2. The van der Waals surface area contributed by atoms with Gasteiger partial charge in [-0.05, 0) is 24.3 Å². The van der Waals surface area contributed by atoms with E-state index in [2.05, 4.69) is 0 Å². The lowest BCUT2D eigenvalue weighted by molar-refractivity contribution is 0.0924. The highest BCUT2D eigenvalue weighted by Crippen LogP contribution is 2.09. The fourth-order valence-electron chi connectivity index (χ4n) is 1.31. The second-order valence-corrected chi connectivity index (χ2v) is 3.09. The zero-order valence-electron chi connectivity index (χ0n) is 8.01. The Balaban J connectivity index is 2.11. The van der Waals surface area contributed by atoms with Crippen molar-refractivity contribution in [3.05, 3.63) is 48.2 Å². The second kappa shape index (κ2) is 4.02. The molecule has 0 aromatic carbocycles. The molecular formula is C10H11N3O2. The predicted molar refractivity (Wildman–Crippen MR) is 53.9 cm³/mol. The van der Waals surface area contributed by atoms with Crippen LogP contribution in [-0.2, 0) is 6.54 Å². The van der Waals surface area contributed by atoms with E-state index < -0.39 is 5.91 Å². The van der Waals surface area contributed by atoms with E-state index in [1.807, 2.05) is 34.5 Å². The molecule has 3 N–H and O–H groups in total. The van der Waals surface area contributed by atoms with Crippen LogP contribution in [0.2, 0.25) is 0 Å². The molecule has 2 heterocycles. The largest absolute Gasteiger partial charge is 0.454 e. The van der Waals surface area contributed by atoms with Gasteiger partial charge in [0.25, 0.3) is 0 Å². The highest BCUT2D eigenvalue weighted by molar-refractivity contribution is 5.90. The molecule has 0 bridgehead atoms. The van der Waals surface area contributed by atoms with Gasteiger partial charge in [0.05, 0.1) is 6.54 Å². The minimum absolute atomic E-state index is 0.222. The van der Waals surface area contributed by atoms with Gasteiger partial charge in [0, 0.05) is 12.4 Å². The fraction of sp³-hybridized carbons (Fsp3) is 0.100. The summed E-state index contributed by atoms with van der Waals surface area (Å²) in [5.41, 5.74) is 2.01. The second-order valence-electron chi connectivity index (χ2n) is 3.09. The SMILES string of the molecule is NNC(=O)c1ccc(Cn2cccc2)o1. The van der Waals surface area contributed by atoms with Crippen molar-refractivity contribution in [3.8, 4) is 0 Å². The minimum atomic E-state index is -0.422. The third kappa shape index (κ3) is 2.08. The van der Waals surface area contributed by atoms with E-state index >= 15 is 0 Å². The summed E-state index contributed by atoms with van der Waals surface area (Å²) >= 11 is 0. The van der Waals surface area contributed by atoms with Crippen LogP contribution in [0, 0.1) is 0 Å². The number of rotatable bonds is 3. The number of hydrogen-bond donors (Lipinski definition) is 2. The molecule has 15 heavy (non-hydrogen) atoms. The highest BCUT2D eigenvalue weighted by atomic mass is 16.4. The van der Waals surface area contributed by atoms with E-state index in [0.717, 1.165) is 0 Å². The van der Waals surface area contributed by atoms with Crippen molar-refractivity contribution < 1.29 is 9.21 Å². The number of hydrogen-bond acceptors (Lipinski definition) is 3. The average Bonchev–Trinajstić information content (AvgIpc) is 2.88. The van der Waals surface area contributed by atoms with E-state index in [4.69, 9.17) is 10.3 Å². The van der Waals surface area contributed by atoms with Crippen LogP contribution in [-0.4, -0.2) is 10.5 Å². The predicted octanol–water partition coefficient (Wildman–Crippen LogP) is 0.733. The average molecular weight is 205 g/mol. The highest BCUT2D eigenvalue weighted by Gasteiger charge is 2.09. The Hall–Kier alpha value is -2.01. The number of hydrazine groups is 1. The van der Waals surface area contributed by atoms with Gasteiger partial charge >= 0.3 is 5.91 Å². The number of nitrogens with zero attached hydrogens (tertiary/aromatic N) is 1. The molecule has 0 saturated heterocycles. The molecule has 0 aliphatic carbocycles. The summed E-state index contributed by atoms with van der Waals surface area (Å²) in [6.07, 6.45) is 3.84. The lowest BCUT2D eigenvalue weighted by atomic mass is 10.4. The Labute approximate surface area is 86.5 Å². The molecular weight excluding hydrogens is 194 g/mol. The van der Waals surface area contributed by atoms with Gasteiger partial charge in [-0.15, -0.1) is 0 Å². The van der Waals surface area contributed by atoms with Gasteiger partial charge < -0.3 is 8.98 Å². The smallest absolute Gasteiger partial charge is 0.300 e. The summed E-state index contributed by atoms with van der Waals surface area (Å²) in [5, 5.41) is 0. The molecule has 0 aliphatic rings. The monoisotopic (exact) mass is 205 g/mol. The van der Waals surface area contributed by atoms with E-state index in [0.29, 0.717) is 12.3 Å². The quantitative estimate of drug-likeness (QED) is 0.441. The third-order valence-corrected chi connectivity index (χ3v) is 2.02. The van der Waals surface area contributed by atoms with Crippen LogP contribution in [0.25, 0.3) is 0 Å². The molecule has 0 unspecified atom stereocenters. The molecule has 5 nitrogen and oxygen atoms in total. The topological polar surface area (TPSA) is 73.2 Å². The minimum Gasteiger partial charge on any atom is -0.454 e. The molecule has 0 saturated carbocycles. The van der Waals surface area contributed by atoms with Gasteiger partial charge in [0.1, 0.15) is 5.76 Å². The molecule has 78 valence electrons. The lowest BCUT2D eigenvalue weighted by Gasteiger charge is -1.98. The van der Waals surface area contributed by atoms with Crippen LogP contribution in [0.15, 0.2) is 41.1 Å². The van der Waals surface area contributed by atoms with Crippen molar-refractivity contribution in [1.29, 1.82) is 0 Å². The first-order valence-electron chi connectivity index (χ1n) is 4.50. The maximum absolute atomic E-state index is 11.1. The number of nitrogens with one attached hydrogen (secondary N) is 1. The third-order valence-electron chi connectivity index (χ3n) is 2.02. The number of carbonyl (C=O) groups is 1. The number of carbonyl (C=O) groups excluding carboxylic acids is 1. The van der Waals surface area contributed by atoms with Crippen LogP contribution >= 0.6 is 0 Å². The summed E-state index contributed by atoms with van der Waals surface area (Å²) in [6.45, 7) is 0.602. The summed E-state index contributed by atoms with van der Waals surface area (Å²) in [7, 11) is 0. The summed E-state index contributed by atoms with van der Waals surface area (Å²) in [6, 6.07) is 7.21. The van der Waals surface area contributed by atoms with Gasteiger partial charge in [-0.1, -0.05) is 0 Å². The van der Waals surface area contributed by atoms with Crippen molar-refractivity contribution in [2.45, 2.75) is 6.54 Å². The lowest BCUT2D eigenvalue weighted by Crippen LogP contribution is -2.29. The van der Waals surface area contributed by atoms with E-state index in [1.165, 1.54) is 0 Å². The van der Waals surface area contributed by atoms with Gasteiger partial charge in [-0.25, -0.2) is 5.84 Å². The Kier molecular flexibility index (Phi) is 2.55. The van der Waals surface area contributed by atoms with Gasteiger partial charge in [0.2, 0.25) is 0 Å². The molecule has 0 spiro atoms. The van der Waals surface area contributed by atoms with Crippen molar-refractivity contribution in [2.24, 2.45) is 5.84 Å². The maximum atomic E-state index is 11.1. The van der Waals surface area contributed by atoms with Crippen LogP contribution in [0.5, 0.6) is 0 Å². The molecule has 0 fully saturated rings. The van der Waals surface area contributed by atoms with Crippen molar-refractivity contribution >= 4 is 5.91 Å². The maximum Gasteiger partial charge on any atom is 0.300 e. The number of furan rings is 1. The Morgan fingerprint density at radius 3 is 2.80 bits per heavy atom.